The van der Waals surface area contributed by atoms with E-state index in [0.29, 0.717) is 6.54 Å². The predicted octanol–water partition coefficient (Wildman–Crippen LogP) is 2.52. The van der Waals surface area contributed by atoms with Crippen molar-refractivity contribution in [2.75, 3.05) is 6.54 Å². The van der Waals surface area contributed by atoms with Gasteiger partial charge in [0, 0.05) is 12.1 Å². The molecule has 0 amide bonds. The number of rotatable bonds is 5. The highest BCUT2D eigenvalue weighted by molar-refractivity contribution is 5.06. The molecule has 0 saturated heterocycles. The van der Waals surface area contributed by atoms with E-state index < -0.39 is 0 Å². The van der Waals surface area contributed by atoms with Gasteiger partial charge in [-0.3, -0.25) is 0 Å². The summed E-state index contributed by atoms with van der Waals surface area (Å²) < 4.78 is 0. The van der Waals surface area contributed by atoms with Crippen LogP contribution < -0.4 is 11.5 Å². The van der Waals surface area contributed by atoms with Gasteiger partial charge in [-0.25, -0.2) is 0 Å². The van der Waals surface area contributed by atoms with Crippen molar-refractivity contribution in [1.82, 2.24) is 0 Å². The van der Waals surface area contributed by atoms with Crippen LogP contribution in [-0.2, 0) is 0 Å². The molecule has 0 radical (unpaired) electrons. The van der Waals surface area contributed by atoms with Gasteiger partial charge in [0.2, 0.25) is 0 Å². The molecule has 0 spiro atoms. The average molecular weight is 200 g/mol. The van der Waals surface area contributed by atoms with Gasteiger partial charge >= 0.3 is 0 Å². The lowest BCUT2D eigenvalue weighted by Gasteiger charge is -2.53. The first kappa shape index (κ1) is 13.9. The van der Waals surface area contributed by atoms with Gasteiger partial charge in [-0.05, 0) is 23.7 Å². The molecule has 0 aromatic rings. The van der Waals surface area contributed by atoms with Gasteiger partial charge < -0.3 is 11.5 Å². The first-order valence-electron chi connectivity index (χ1n) is 5.67. The van der Waals surface area contributed by atoms with E-state index in [-0.39, 0.29) is 16.4 Å². The Morgan fingerprint density at radius 2 is 1.14 bits per heavy atom. The molecule has 0 bridgehead atoms. The van der Waals surface area contributed by atoms with Crippen LogP contribution in [0.5, 0.6) is 0 Å². The van der Waals surface area contributed by atoms with Gasteiger partial charge in [0.15, 0.2) is 0 Å². The van der Waals surface area contributed by atoms with E-state index in [1.54, 1.807) is 0 Å². The Morgan fingerprint density at radius 1 is 0.857 bits per heavy atom. The fourth-order valence-electron chi connectivity index (χ4n) is 2.10. The third-order valence-electron chi connectivity index (χ3n) is 4.51. The molecule has 0 unspecified atom stereocenters. The number of hydrogen-bond acceptors (Lipinski definition) is 2. The summed E-state index contributed by atoms with van der Waals surface area (Å²) in [6.07, 6.45) is 2.12. The summed E-state index contributed by atoms with van der Waals surface area (Å²) in [5, 5.41) is 0. The van der Waals surface area contributed by atoms with Crippen molar-refractivity contribution in [2.24, 2.45) is 22.3 Å². The maximum atomic E-state index is 6.55. The molecule has 4 N–H and O–H groups in total. The summed E-state index contributed by atoms with van der Waals surface area (Å²) in [7, 11) is 0. The summed E-state index contributed by atoms with van der Waals surface area (Å²) in [6.45, 7) is 13.8. The van der Waals surface area contributed by atoms with Crippen LogP contribution in [-0.4, -0.2) is 12.1 Å². The molecule has 2 heteroatoms. The topological polar surface area (TPSA) is 52.0 Å². The minimum absolute atomic E-state index is 0.0846. The lowest BCUT2D eigenvalue weighted by atomic mass is 9.57. The number of nitrogens with two attached hydrogens (primary N) is 2. The molecule has 0 aromatic heterocycles. The fourth-order valence-corrected chi connectivity index (χ4v) is 2.10. The Balaban J connectivity index is 5.18. The molecule has 86 valence electrons. The molecule has 0 saturated carbocycles. The first-order chi connectivity index (χ1) is 6.18. The Hall–Kier alpha value is -0.0800. The Bertz CT molecular complexity index is 167. The minimum Gasteiger partial charge on any atom is -0.329 e. The lowest BCUT2D eigenvalue weighted by Crippen LogP contribution is -2.66. The van der Waals surface area contributed by atoms with E-state index in [1.807, 2.05) is 0 Å². The van der Waals surface area contributed by atoms with Crippen molar-refractivity contribution in [3.63, 3.8) is 0 Å². The predicted molar refractivity (Wildman–Crippen MR) is 64.1 cm³/mol. The van der Waals surface area contributed by atoms with Crippen molar-refractivity contribution < 1.29 is 0 Å². The van der Waals surface area contributed by atoms with Gasteiger partial charge in [0.25, 0.3) is 0 Å². The Kier molecular flexibility index (Phi) is 4.17. The largest absolute Gasteiger partial charge is 0.329 e. The van der Waals surface area contributed by atoms with Crippen LogP contribution in [0.15, 0.2) is 0 Å². The monoisotopic (exact) mass is 200 g/mol. The quantitative estimate of drug-likeness (QED) is 0.716. The molecule has 0 rings (SSSR count). The van der Waals surface area contributed by atoms with Gasteiger partial charge in [0.05, 0.1) is 0 Å². The van der Waals surface area contributed by atoms with Gasteiger partial charge in [0.1, 0.15) is 0 Å². The van der Waals surface area contributed by atoms with E-state index in [2.05, 4.69) is 41.5 Å². The van der Waals surface area contributed by atoms with Crippen molar-refractivity contribution in [2.45, 2.75) is 59.9 Å². The molecular formula is C12H28N2. The standard InChI is InChI=1S/C12H28N2/c1-7-10(3,4)12(14,9-13)11(5,6)8-2/h7-9,13-14H2,1-6H3. The molecule has 0 aliphatic carbocycles. The second-order valence-electron chi connectivity index (χ2n) is 5.65. The maximum absolute atomic E-state index is 6.55. The molecule has 2 nitrogen and oxygen atoms in total. The highest BCUT2D eigenvalue weighted by Crippen LogP contribution is 2.45. The maximum Gasteiger partial charge on any atom is 0.0381 e. The average Bonchev–Trinajstić information content (AvgIpc) is 2.15. The van der Waals surface area contributed by atoms with Crippen LogP contribution in [0.2, 0.25) is 0 Å². The van der Waals surface area contributed by atoms with Gasteiger partial charge in [-0.15, -0.1) is 0 Å². The second-order valence-corrected chi connectivity index (χ2v) is 5.65. The first-order valence-corrected chi connectivity index (χ1v) is 5.67. The molecule has 0 aliphatic heterocycles. The molecule has 0 heterocycles. The van der Waals surface area contributed by atoms with E-state index in [1.165, 1.54) is 0 Å². The van der Waals surface area contributed by atoms with E-state index in [0.717, 1.165) is 12.8 Å². The normalized spacial score (nSPS) is 14.6. The summed E-state index contributed by atoms with van der Waals surface area (Å²) >= 11 is 0. The zero-order valence-corrected chi connectivity index (χ0v) is 10.8. The second kappa shape index (κ2) is 4.19. The van der Waals surface area contributed by atoms with E-state index in [9.17, 15) is 0 Å². The summed E-state index contributed by atoms with van der Waals surface area (Å²) in [5.74, 6) is 0. The van der Waals surface area contributed by atoms with Crippen molar-refractivity contribution in [3.05, 3.63) is 0 Å². The van der Waals surface area contributed by atoms with E-state index in [4.69, 9.17) is 11.5 Å². The summed E-state index contributed by atoms with van der Waals surface area (Å²) in [4.78, 5) is 0. The van der Waals surface area contributed by atoms with E-state index >= 15 is 0 Å². The third kappa shape index (κ3) is 1.96. The van der Waals surface area contributed by atoms with Crippen LogP contribution >= 0.6 is 0 Å². The third-order valence-corrected chi connectivity index (χ3v) is 4.51. The minimum atomic E-state index is -0.288. The molecule has 14 heavy (non-hydrogen) atoms. The molecular weight excluding hydrogens is 172 g/mol. The summed E-state index contributed by atoms with van der Waals surface area (Å²) in [6, 6.07) is 0. The van der Waals surface area contributed by atoms with Gasteiger partial charge in [-0.1, -0.05) is 41.5 Å². The molecule has 0 aromatic carbocycles. The lowest BCUT2D eigenvalue weighted by molar-refractivity contribution is 0.0348. The Labute approximate surface area is 89.4 Å². The highest BCUT2D eigenvalue weighted by atomic mass is 14.9. The SMILES string of the molecule is CCC(C)(C)C(N)(CN)C(C)(C)CC. The smallest absolute Gasteiger partial charge is 0.0381 e. The molecule has 0 atom stereocenters. The van der Waals surface area contributed by atoms with Crippen molar-refractivity contribution >= 4 is 0 Å². The number of hydrogen-bond donors (Lipinski definition) is 2. The van der Waals surface area contributed by atoms with Crippen molar-refractivity contribution in [1.29, 1.82) is 0 Å². The molecule has 0 fully saturated rings. The highest BCUT2D eigenvalue weighted by Gasteiger charge is 2.49. The fraction of sp³-hybridized carbons (Fsp3) is 1.00. The molecule has 0 aliphatic rings. The summed E-state index contributed by atoms with van der Waals surface area (Å²) in [5.41, 5.74) is 12.3. The van der Waals surface area contributed by atoms with Crippen LogP contribution in [0.4, 0.5) is 0 Å². The van der Waals surface area contributed by atoms with Crippen molar-refractivity contribution in [3.8, 4) is 0 Å². The van der Waals surface area contributed by atoms with Crippen LogP contribution in [0.3, 0.4) is 0 Å². The Morgan fingerprint density at radius 3 is 1.29 bits per heavy atom. The zero-order chi connectivity index (χ0) is 11.6. The van der Waals surface area contributed by atoms with Crippen LogP contribution in [0, 0.1) is 10.8 Å². The van der Waals surface area contributed by atoms with Crippen LogP contribution in [0.25, 0.3) is 0 Å². The van der Waals surface area contributed by atoms with Gasteiger partial charge in [-0.2, -0.15) is 0 Å². The zero-order valence-electron chi connectivity index (χ0n) is 10.8. The van der Waals surface area contributed by atoms with Crippen LogP contribution in [0.1, 0.15) is 54.4 Å².